The van der Waals surface area contributed by atoms with Crippen molar-refractivity contribution in [1.82, 2.24) is 15.3 Å². The highest BCUT2D eigenvalue weighted by Gasteiger charge is 2.19. The lowest BCUT2D eigenvalue weighted by atomic mass is 10.1. The van der Waals surface area contributed by atoms with Gasteiger partial charge in [-0.15, -0.1) is 0 Å². The van der Waals surface area contributed by atoms with E-state index in [0.29, 0.717) is 5.82 Å². The standard InChI is InChI=1S/C15H17FN4O2/c1-9(2)14(21)20-11-5-3-4-10(16)13(11)15(22)19-8-12-17-6-7-18-12/h3-7,9H,8H2,1-2H3,(H,17,18)(H,19,22)(H,20,21). The second-order valence-electron chi connectivity index (χ2n) is 5.02. The van der Waals surface area contributed by atoms with E-state index in [-0.39, 0.29) is 29.6 Å². The Morgan fingerprint density at radius 1 is 1.36 bits per heavy atom. The first kappa shape index (κ1) is 15.7. The number of amides is 2. The summed E-state index contributed by atoms with van der Waals surface area (Å²) in [5.74, 6) is -1.32. The van der Waals surface area contributed by atoms with Gasteiger partial charge in [-0.25, -0.2) is 9.37 Å². The van der Waals surface area contributed by atoms with Crippen LogP contribution in [-0.4, -0.2) is 21.8 Å². The second-order valence-corrected chi connectivity index (χ2v) is 5.02. The maximum absolute atomic E-state index is 14.0. The third kappa shape index (κ3) is 3.69. The molecule has 2 aromatic rings. The third-order valence-electron chi connectivity index (χ3n) is 2.99. The summed E-state index contributed by atoms with van der Waals surface area (Å²) < 4.78 is 14.0. The van der Waals surface area contributed by atoms with Crippen LogP contribution in [0.5, 0.6) is 0 Å². The molecule has 1 aromatic heterocycles. The van der Waals surface area contributed by atoms with Gasteiger partial charge in [0.1, 0.15) is 11.6 Å². The Kier molecular flexibility index (Phi) is 4.88. The number of imidazole rings is 1. The molecule has 0 saturated carbocycles. The molecule has 0 atom stereocenters. The van der Waals surface area contributed by atoms with Gasteiger partial charge in [-0.3, -0.25) is 9.59 Å². The van der Waals surface area contributed by atoms with Crippen LogP contribution in [-0.2, 0) is 11.3 Å². The Morgan fingerprint density at radius 3 is 2.77 bits per heavy atom. The highest BCUT2D eigenvalue weighted by atomic mass is 19.1. The molecule has 22 heavy (non-hydrogen) atoms. The van der Waals surface area contributed by atoms with Gasteiger partial charge in [-0.2, -0.15) is 0 Å². The number of hydrogen-bond acceptors (Lipinski definition) is 3. The van der Waals surface area contributed by atoms with Crippen molar-refractivity contribution >= 4 is 17.5 Å². The predicted molar refractivity (Wildman–Crippen MR) is 79.6 cm³/mol. The van der Waals surface area contributed by atoms with Crippen LogP contribution in [0.1, 0.15) is 30.0 Å². The number of H-pyrrole nitrogens is 1. The maximum atomic E-state index is 14.0. The number of rotatable bonds is 5. The van der Waals surface area contributed by atoms with Crippen molar-refractivity contribution in [2.75, 3.05) is 5.32 Å². The van der Waals surface area contributed by atoms with Gasteiger partial charge < -0.3 is 15.6 Å². The predicted octanol–water partition coefficient (Wildman–Crippen LogP) is 2.07. The van der Waals surface area contributed by atoms with Gasteiger partial charge in [-0.05, 0) is 12.1 Å². The highest BCUT2D eigenvalue weighted by molar-refractivity contribution is 6.04. The largest absolute Gasteiger partial charge is 0.347 e. The number of aromatic nitrogens is 2. The SMILES string of the molecule is CC(C)C(=O)Nc1cccc(F)c1C(=O)NCc1ncc[nH]1. The second kappa shape index (κ2) is 6.84. The van der Waals surface area contributed by atoms with Crippen LogP contribution in [0.4, 0.5) is 10.1 Å². The number of carbonyl (C=O) groups excluding carboxylic acids is 2. The molecule has 0 unspecified atom stereocenters. The smallest absolute Gasteiger partial charge is 0.256 e. The minimum Gasteiger partial charge on any atom is -0.347 e. The molecule has 0 bridgehead atoms. The molecule has 0 aliphatic heterocycles. The Hall–Kier alpha value is -2.70. The normalized spacial score (nSPS) is 10.5. The van der Waals surface area contributed by atoms with Crippen molar-refractivity contribution in [3.8, 4) is 0 Å². The van der Waals surface area contributed by atoms with Crippen LogP contribution >= 0.6 is 0 Å². The fourth-order valence-corrected chi connectivity index (χ4v) is 1.78. The van der Waals surface area contributed by atoms with Crippen molar-refractivity contribution in [2.24, 2.45) is 5.92 Å². The Labute approximate surface area is 127 Å². The zero-order valence-electron chi connectivity index (χ0n) is 12.3. The average molecular weight is 304 g/mol. The molecular weight excluding hydrogens is 287 g/mol. The highest BCUT2D eigenvalue weighted by Crippen LogP contribution is 2.19. The zero-order valence-corrected chi connectivity index (χ0v) is 12.3. The van der Waals surface area contributed by atoms with Gasteiger partial charge in [0.2, 0.25) is 5.91 Å². The first-order valence-electron chi connectivity index (χ1n) is 6.85. The van der Waals surface area contributed by atoms with Crippen molar-refractivity contribution in [2.45, 2.75) is 20.4 Å². The van der Waals surface area contributed by atoms with Crippen molar-refractivity contribution in [3.63, 3.8) is 0 Å². The zero-order chi connectivity index (χ0) is 16.1. The number of hydrogen-bond donors (Lipinski definition) is 3. The molecule has 6 nitrogen and oxygen atoms in total. The molecule has 116 valence electrons. The molecule has 1 heterocycles. The van der Waals surface area contributed by atoms with Crippen LogP contribution in [0.2, 0.25) is 0 Å². The molecule has 3 N–H and O–H groups in total. The molecule has 0 fully saturated rings. The van der Waals surface area contributed by atoms with Crippen molar-refractivity contribution < 1.29 is 14.0 Å². The molecule has 1 aromatic carbocycles. The number of benzene rings is 1. The summed E-state index contributed by atoms with van der Waals surface area (Å²) in [4.78, 5) is 30.7. The molecule has 0 saturated heterocycles. The topological polar surface area (TPSA) is 86.9 Å². The summed E-state index contributed by atoms with van der Waals surface area (Å²) in [7, 11) is 0. The molecule has 2 rings (SSSR count). The van der Waals surface area contributed by atoms with Gasteiger partial charge in [0.25, 0.3) is 5.91 Å². The summed E-state index contributed by atoms with van der Waals surface area (Å²) in [6.07, 6.45) is 3.18. The van der Waals surface area contributed by atoms with Gasteiger partial charge in [-0.1, -0.05) is 19.9 Å². The van der Waals surface area contributed by atoms with E-state index in [1.54, 1.807) is 26.2 Å². The first-order valence-corrected chi connectivity index (χ1v) is 6.85. The minimum atomic E-state index is -0.696. The summed E-state index contributed by atoms with van der Waals surface area (Å²) in [5.41, 5.74) is -0.0429. The maximum Gasteiger partial charge on any atom is 0.256 e. The lowest BCUT2D eigenvalue weighted by Gasteiger charge is -2.13. The van der Waals surface area contributed by atoms with Gasteiger partial charge in [0, 0.05) is 18.3 Å². The van der Waals surface area contributed by atoms with Gasteiger partial charge in [0.05, 0.1) is 17.8 Å². The van der Waals surface area contributed by atoms with E-state index in [0.717, 1.165) is 0 Å². The molecule has 0 aliphatic carbocycles. The van der Waals surface area contributed by atoms with Crippen molar-refractivity contribution in [1.29, 1.82) is 0 Å². The Balaban J connectivity index is 2.17. The van der Waals surface area contributed by atoms with Crippen LogP contribution < -0.4 is 10.6 Å². The van der Waals surface area contributed by atoms with E-state index >= 15 is 0 Å². The van der Waals surface area contributed by atoms with Crippen LogP contribution in [0.3, 0.4) is 0 Å². The van der Waals surface area contributed by atoms with Crippen LogP contribution in [0.25, 0.3) is 0 Å². The Morgan fingerprint density at radius 2 is 2.14 bits per heavy atom. The quantitative estimate of drug-likeness (QED) is 0.790. The van der Waals surface area contributed by atoms with Gasteiger partial charge in [0.15, 0.2) is 0 Å². The molecule has 2 amide bonds. The number of halogens is 1. The summed E-state index contributed by atoms with van der Waals surface area (Å²) in [6.45, 7) is 3.56. The average Bonchev–Trinajstić information content (AvgIpc) is 2.98. The Bertz CT molecular complexity index is 668. The number of nitrogens with zero attached hydrogens (tertiary/aromatic N) is 1. The number of aromatic amines is 1. The fourth-order valence-electron chi connectivity index (χ4n) is 1.78. The molecule has 0 spiro atoms. The number of anilines is 1. The van der Waals surface area contributed by atoms with E-state index in [9.17, 15) is 14.0 Å². The van der Waals surface area contributed by atoms with Crippen molar-refractivity contribution in [3.05, 3.63) is 47.8 Å². The number of carbonyl (C=O) groups is 2. The van der Waals surface area contributed by atoms with Crippen LogP contribution in [0, 0.1) is 11.7 Å². The van der Waals surface area contributed by atoms with E-state index in [2.05, 4.69) is 20.6 Å². The van der Waals surface area contributed by atoms with E-state index in [4.69, 9.17) is 0 Å². The summed E-state index contributed by atoms with van der Waals surface area (Å²) in [6, 6.07) is 4.10. The lowest BCUT2D eigenvalue weighted by Crippen LogP contribution is -2.27. The molecule has 0 radical (unpaired) electrons. The van der Waals surface area contributed by atoms with Crippen LogP contribution in [0.15, 0.2) is 30.6 Å². The van der Waals surface area contributed by atoms with Gasteiger partial charge >= 0.3 is 0 Å². The monoisotopic (exact) mass is 304 g/mol. The van der Waals surface area contributed by atoms with E-state index in [1.807, 2.05) is 0 Å². The third-order valence-corrected chi connectivity index (χ3v) is 2.99. The molecular formula is C15H17FN4O2. The fraction of sp³-hybridized carbons (Fsp3) is 0.267. The molecule has 0 aliphatic rings. The van der Waals surface area contributed by atoms with E-state index < -0.39 is 11.7 Å². The number of nitrogens with one attached hydrogen (secondary N) is 3. The minimum absolute atomic E-state index is 0.137. The van der Waals surface area contributed by atoms with E-state index in [1.165, 1.54) is 18.2 Å². The summed E-state index contributed by atoms with van der Waals surface area (Å²) >= 11 is 0. The molecule has 7 heteroatoms. The first-order chi connectivity index (χ1) is 10.5. The lowest BCUT2D eigenvalue weighted by molar-refractivity contribution is -0.118. The summed E-state index contributed by atoms with van der Waals surface area (Å²) in [5, 5.41) is 5.12.